The van der Waals surface area contributed by atoms with Crippen molar-refractivity contribution in [1.29, 1.82) is 0 Å². The first-order chi connectivity index (χ1) is 8.09. The lowest BCUT2D eigenvalue weighted by Crippen LogP contribution is -2.38. The molecule has 3 heteroatoms. The number of benzene rings is 1. The van der Waals surface area contributed by atoms with Crippen LogP contribution in [0.5, 0.6) is 0 Å². The predicted octanol–water partition coefficient (Wildman–Crippen LogP) is 3.67. The fraction of sp³-hybridized carbons (Fsp3) is 0.571. The van der Waals surface area contributed by atoms with Gasteiger partial charge in [-0.25, -0.2) is 0 Å². The molecule has 2 atom stereocenters. The SMILES string of the molecule is CC(NCC1(C)CCCO1)c1cccc(Br)c1. The zero-order valence-electron chi connectivity index (χ0n) is 10.5. The summed E-state index contributed by atoms with van der Waals surface area (Å²) in [5, 5.41) is 3.56. The van der Waals surface area contributed by atoms with Crippen molar-refractivity contribution in [3.63, 3.8) is 0 Å². The third kappa shape index (κ3) is 3.54. The second-order valence-electron chi connectivity index (χ2n) is 5.06. The fourth-order valence-corrected chi connectivity index (χ4v) is 2.66. The van der Waals surface area contributed by atoms with Gasteiger partial charge < -0.3 is 10.1 Å². The highest BCUT2D eigenvalue weighted by molar-refractivity contribution is 9.10. The maximum absolute atomic E-state index is 5.78. The second kappa shape index (κ2) is 5.51. The highest BCUT2D eigenvalue weighted by atomic mass is 79.9. The highest BCUT2D eigenvalue weighted by Gasteiger charge is 2.29. The van der Waals surface area contributed by atoms with Crippen LogP contribution in [-0.2, 0) is 4.74 Å². The van der Waals surface area contributed by atoms with E-state index in [0.717, 1.165) is 24.0 Å². The van der Waals surface area contributed by atoms with E-state index in [1.165, 1.54) is 12.0 Å². The van der Waals surface area contributed by atoms with E-state index < -0.39 is 0 Å². The summed E-state index contributed by atoms with van der Waals surface area (Å²) in [4.78, 5) is 0. The maximum Gasteiger partial charge on any atom is 0.0779 e. The van der Waals surface area contributed by atoms with Gasteiger partial charge in [0.25, 0.3) is 0 Å². The van der Waals surface area contributed by atoms with Gasteiger partial charge in [-0.1, -0.05) is 28.1 Å². The Hall–Kier alpha value is -0.380. The number of nitrogens with one attached hydrogen (secondary N) is 1. The molecule has 94 valence electrons. The van der Waals surface area contributed by atoms with E-state index in [4.69, 9.17) is 4.74 Å². The van der Waals surface area contributed by atoms with Gasteiger partial charge in [-0.2, -0.15) is 0 Å². The lowest BCUT2D eigenvalue weighted by Gasteiger charge is -2.26. The molecule has 0 amide bonds. The molecular formula is C14H20BrNO. The van der Waals surface area contributed by atoms with Gasteiger partial charge in [-0.05, 0) is 44.4 Å². The Bertz CT molecular complexity index is 374. The van der Waals surface area contributed by atoms with Crippen molar-refractivity contribution < 1.29 is 4.74 Å². The van der Waals surface area contributed by atoms with Crippen LogP contribution < -0.4 is 5.32 Å². The number of rotatable bonds is 4. The summed E-state index contributed by atoms with van der Waals surface area (Å²) in [6, 6.07) is 8.80. The van der Waals surface area contributed by atoms with Crippen LogP contribution in [0, 0.1) is 0 Å². The molecule has 2 nitrogen and oxygen atoms in total. The Morgan fingerprint density at radius 2 is 2.35 bits per heavy atom. The molecule has 0 aromatic heterocycles. The number of hydrogen-bond donors (Lipinski definition) is 1. The van der Waals surface area contributed by atoms with Gasteiger partial charge in [0.05, 0.1) is 5.60 Å². The zero-order valence-corrected chi connectivity index (χ0v) is 12.1. The summed E-state index contributed by atoms with van der Waals surface area (Å²) in [6.45, 7) is 6.21. The molecule has 0 aliphatic carbocycles. The molecule has 1 heterocycles. The van der Waals surface area contributed by atoms with Gasteiger partial charge in [0.1, 0.15) is 0 Å². The molecule has 1 aliphatic heterocycles. The summed E-state index contributed by atoms with van der Waals surface area (Å²) in [5.41, 5.74) is 1.33. The first-order valence-corrected chi connectivity index (χ1v) is 7.01. The van der Waals surface area contributed by atoms with E-state index >= 15 is 0 Å². The van der Waals surface area contributed by atoms with Crippen molar-refractivity contribution in [2.75, 3.05) is 13.2 Å². The first-order valence-electron chi connectivity index (χ1n) is 6.22. The minimum atomic E-state index is 0.0280. The third-order valence-corrected chi connectivity index (χ3v) is 3.92. The molecule has 0 bridgehead atoms. The second-order valence-corrected chi connectivity index (χ2v) is 5.98. The average molecular weight is 298 g/mol. The van der Waals surface area contributed by atoms with Gasteiger partial charge >= 0.3 is 0 Å². The molecule has 1 aromatic carbocycles. The maximum atomic E-state index is 5.78. The fourth-order valence-electron chi connectivity index (χ4n) is 2.24. The molecule has 1 fully saturated rings. The van der Waals surface area contributed by atoms with E-state index in [-0.39, 0.29) is 5.60 Å². The van der Waals surface area contributed by atoms with Crippen LogP contribution in [-0.4, -0.2) is 18.8 Å². The summed E-state index contributed by atoms with van der Waals surface area (Å²) in [7, 11) is 0. The van der Waals surface area contributed by atoms with Gasteiger partial charge in [-0.3, -0.25) is 0 Å². The van der Waals surface area contributed by atoms with Crippen molar-refractivity contribution in [3.8, 4) is 0 Å². The first kappa shape index (κ1) is 13.1. The molecule has 17 heavy (non-hydrogen) atoms. The summed E-state index contributed by atoms with van der Waals surface area (Å²) in [5.74, 6) is 0. The Morgan fingerprint density at radius 1 is 1.53 bits per heavy atom. The Labute approximate surface area is 112 Å². The minimum Gasteiger partial charge on any atom is -0.374 e. The van der Waals surface area contributed by atoms with E-state index in [2.05, 4.69) is 59.4 Å². The molecule has 0 spiro atoms. The number of ether oxygens (including phenoxy) is 1. The Morgan fingerprint density at radius 3 is 3.00 bits per heavy atom. The number of hydrogen-bond acceptors (Lipinski definition) is 2. The Kier molecular flexibility index (Phi) is 4.23. The van der Waals surface area contributed by atoms with Crippen LogP contribution in [0.3, 0.4) is 0 Å². The van der Waals surface area contributed by atoms with Crippen molar-refractivity contribution in [2.24, 2.45) is 0 Å². The molecule has 1 aliphatic rings. The van der Waals surface area contributed by atoms with Crippen LogP contribution in [0.15, 0.2) is 28.7 Å². The van der Waals surface area contributed by atoms with Crippen LogP contribution in [0.2, 0.25) is 0 Å². The van der Waals surface area contributed by atoms with Crippen molar-refractivity contribution >= 4 is 15.9 Å². The molecule has 1 aromatic rings. The van der Waals surface area contributed by atoms with E-state index in [1.54, 1.807) is 0 Å². The molecule has 2 unspecified atom stereocenters. The lowest BCUT2D eigenvalue weighted by molar-refractivity contribution is 0.0191. The van der Waals surface area contributed by atoms with E-state index in [9.17, 15) is 0 Å². The standard InChI is InChI=1S/C14H20BrNO/c1-11(12-5-3-6-13(15)9-12)16-10-14(2)7-4-8-17-14/h3,5-6,9,11,16H,4,7-8,10H2,1-2H3. The molecule has 1 N–H and O–H groups in total. The molecule has 0 saturated carbocycles. The van der Waals surface area contributed by atoms with Crippen molar-refractivity contribution in [2.45, 2.75) is 38.3 Å². The minimum absolute atomic E-state index is 0.0280. The topological polar surface area (TPSA) is 21.3 Å². The summed E-state index contributed by atoms with van der Waals surface area (Å²) >= 11 is 3.51. The largest absolute Gasteiger partial charge is 0.374 e. The monoisotopic (exact) mass is 297 g/mol. The summed E-state index contributed by atoms with van der Waals surface area (Å²) in [6.07, 6.45) is 2.34. The molecule has 2 rings (SSSR count). The van der Waals surface area contributed by atoms with Crippen LogP contribution >= 0.6 is 15.9 Å². The van der Waals surface area contributed by atoms with Gasteiger partial charge in [0.15, 0.2) is 0 Å². The molecule has 1 saturated heterocycles. The zero-order chi connectivity index (χ0) is 12.3. The van der Waals surface area contributed by atoms with Crippen molar-refractivity contribution in [3.05, 3.63) is 34.3 Å². The Balaban J connectivity index is 1.91. The van der Waals surface area contributed by atoms with Crippen molar-refractivity contribution in [1.82, 2.24) is 5.32 Å². The van der Waals surface area contributed by atoms with Gasteiger partial charge in [0.2, 0.25) is 0 Å². The lowest BCUT2D eigenvalue weighted by atomic mass is 10.0. The molecule has 0 radical (unpaired) electrons. The van der Waals surface area contributed by atoms with E-state index in [0.29, 0.717) is 6.04 Å². The quantitative estimate of drug-likeness (QED) is 0.916. The third-order valence-electron chi connectivity index (χ3n) is 3.43. The normalized spacial score (nSPS) is 26.1. The molecular weight excluding hydrogens is 278 g/mol. The number of halogens is 1. The predicted molar refractivity (Wildman–Crippen MR) is 74.2 cm³/mol. The van der Waals surface area contributed by atoms with E-state index in [1.807, 2.05) is 0 Å². The van der Waals surface area contributed by atoms with Crippen LogP contribution in [0.4, 0.5) is 0 Å². The van der Waals surface area contributed by atoms with Crippen LogP contribution in [0.25, 0.3) is 0 Å². The summed E-state index contributed by atoms with van der Waals surface area (Å²) < 4.78 is 6.91. The highest BCUT2D eigenvalue weighted by Crippen LogP contribution is 2.25. The average Bonchev–Trinajstić information content (AvgIpc) is 2.74. The van der Waals surface area contributed by atoms with Gasteiger partial charge in [-0.15, -0.1) is 0 Å². The smallest absolute Gasteiger partial charge is 0.0779 e. The van der Waals surface area contributed by atoms with Gasteiger partial charge in [0, 0.05) is 23.7 Å². The van der Waals surface area contributed by atoms with Crippen LogP contribution in [0.1, 0.15) is 38.3 Å².